The molecular weight excluding hydrogens is 222 g/mol. The van der Waals surface area contributed by atoms with Gasteiger partial charge in [-0.3, -0.25) is 0 Å². The molecule has 2 rings (SSSR count). The highest BCUT2D eigenvalue weighted by atomic mass is 32.2. The highest BCUT2D eigenvalue weighted by molar-refractivity contribution is 7.91. The summed E-state index contributed by atoms with van der Waals surface area (Å²) >= 11 is 0. The average molecular weight is 245 g/mol. The fourth-order valence-corrected chi connectivity index (χ4v) is 5.66. The summed E-state index contributed by atoms with van der Waals surface area (Å²) < 4.78 is 23.4. The Labute approximate surface area is 98.9 Å². The molecular formula is C12H23NO2S. The van der Waals surface area contributed by atoms with E-state index in [4.69, 9.17) is 0 Å². The Morgan fingerprint density at radius 2 is 2.12 bits per heavy atom. The first-order chi connectivity index (χ1) is 7.44. The van der Waals surface area contributed by atoms with Gasteiger partial charge in [-0.1, -0.05) is 13.8 Å². The standard InChI is InChI=1S/C12H23NO2S/c1-10(2)7-11-8-13-5-3-12(11)4-6-16(14,15)9-12/h10-11,13H,3-9H2,1-2H3. The summed E-state index contributed by atoms with van der Waals surface area (Å²) in [4.78, 5) is 0. The summed E-state index contributed by atoms with van der Waals surface area (Å²) in [5.41, 5.74) is 0.106. The molecule has 2 atom stereocenters. The molecule has 2 aliphatic heterocycles. The molecule has 2 aliphatic rings. The normalized spacial score (nSPS) is 38.3. The maximum atomic E-state index is 11.7. The lowest BCUT2D eigenvalue weighted by Gasteiger charge is -2.42. The first-order valence-electron chi connectivity index (χ1n) is 6.35. The molecule has 0 aliphatic carbocycles. The van der Waals surface area contributed by atoms with Crippen molar-refractivity contribution in [2.45, 2.75) is 33.1 Å². The van der Waals surface area contributed by atoms with Crippen molar-refractivity contribution in [3.8, 4) is 0 Å². The number of piperidine rings is 1. The molecule has 0 saturated carbocycles. The molecule has 0 radical (unpaired) electrons. The summed E-state index contributed by atoms with van der Waals surface area (Å²) in [6.45, 7) is 6.45. The van der Waals surface area contributed by atoms with Gasteiger partial charge in [0.2, 0.25) is 0 Å². The van der Waals surface area contributed by atoms with Crippen molar-refractivity contribution in [1.29, 1.82) is 0 Å². The van der Waals surface area contributed by atoms with Gasteiger partial charge in [0, 0.05) is 0 Å². The lowest BCUT2D eigenvalue weighted by atomic mass is 9.68. The molecule has 94 valence electrons. The van der Waals surface area contributed by atoms with Crippen molar-refractivity contribution in [3.63, 3.8) is 0 Å². The molecule has 2 saturated heterocycles. The van der Waals surface area contributed by atoms with Gasteiger partial charge in [0.05, 0.1) is 11.5 Å². The van der Waals surface area contributed by atoms with Gasteiger partial charge in [0.25, 0.3) is 0 Å². The van der Waals surface area contributed by atoms with E-state index >= 15 is 0 Å². The van der Waals surface area contributed by atoms with Crippen LogP contribution in [0.4, 0.5) is 0 Å². The van der Waals surface area contributed by atoms with Crippen LogP contribution in [0.2, 0.25) is 0 Å². The van der Waals surface area contributed by atoms with Crippen molar-refractivity contribution in [2.75, 3.05) is 24.6 Å². The van der Waals surface area contributed by atoms with Gasteiger partial charge in [0.1, 0.15) is 0 Å². The lowest BCUT2D eigenvalue weighted by Crippen LogP contribution is -2.46. The quantitative estimate of drug-likeness (QED) is 0.801. The van der Waals surface area contributed by atoms with Gasteiger partial charge in [0.15, 0.2) is 9.84 Å². The van der Waals surface area contributed by atoms with Crippen LogP contribution in [0.25, 0.3) is 0 Å². The number of sulfone groups is 1. The molecule has 0 bridgehead atoms. The predicted octanol–water partition coefficient (Wildman–Crippen LogP) is 1.45. The van der Waals surface area contributed by atoms with E-state index in [0.717, 1.165) is 32.4 Å². The van der Waals surface area contributed by atoms with Crippen molar-refractivity contribution >= 4 is 9.84 Å². The zero-order valence-corrected chi connectivity index (χ0v) is 11.1. The minimum Gasteiger partial charge on any atom is -0.316 e. The molecule has 0 aromatic carbocycles. The molecule has 2 heterocycles. The zero-order valence-electron chi connectivity index (χ0n) is 10.3. The number of hydrogen-bond donors (Lipinski definition) is 1. The van der Waals surface area contributed by atoms with Gasteiger partial charge < -0.3 is 5.32 Å². The second-order valence-electron chi connectivity index (χ2n) is 5.99. The third kappa shape index (κ3) is 2.43. The third-order valence-electron chi connectivity index (χ3n) is 4.23. The van der Waals surface area contributed by atoms with Gasteiger partial charge >= 0.3 is 0 Å². The topological polar surface area (TPSA) is 46.2 Å². The molecule has 0 amide bonds. The van der Waals surface area contributed by atoms with E-state index in [1.54, 1.807) is 0 Å². The van der Waals surface area contributed by atoms with Crippen LogP contribution in [0.1, 0.15) is 33.1 Å². The van der Waals surface area contributed by atoms with E-state index in [1.807, 2.05) is 0 Å². The molecule has 2 unspecified atom stereocenters. The Bertz CT molecular complexity index is 350. The highest BCUT2D eigenvalue weighted by Crippen LogP contribution is 2.46. The van der Waals surface area contributed by atoms with Crippen LogP contribution < -0.4 is 5.32 Å². The first kappa shape index (κ1) is 12.4. The van der Waals surface area contributed by atoms with Crippen LogP contribution in [-0.4, -0.2) is 33.0 Å². The Morgan fingerprint density at radius 1 is 1.38 bits per heavy atom. The molecule has 1 N–H and O–H groups in total. The predicted molar refractivity (Wildman–Crippen MR) is 66.1 cm³/mol. The van der Waals surface area contributed by atoms with Crippen LogP contribution >= 0.6 is 0 Å². The van der Waals surface area contributed by atoms with Crippen LogP contribution in [0.3, 0.4) is 0 Å². The summed E-state index contributed by atoms with van der Waals surface area (Å²) in [5, 5.41) is 3.42. The maximum absolute atomic E-state index is 11.7. The first-order valence-corrected chi connectivity index (χ1v) is 8.17. The fourth-order valence-electron chi connectivity index (χ4n) is 3.40. The Balaban J connectivity index is 2.16. The Hall–Kier alpha value is -0.0900. The van der Waals surface area contributed by atoms with E-state index in [9.17, 15) is 8.42 Å². The van der Waals surface area contributed by atoms with E-state index in [2.05, 4.69) is 19.2 Å². The van der Waals surface area contributed by atoms with Gasteiger partial charge in [-0.25, -0.2) is 8.42 Å². The number of nitrogens with one attached hydrogen (secondary N) is 1. The van der Waals surface area contributed by atoms with Gasteiger partial charge in [-0.15, -0.1) is 0 Å². The highest BCUT2D eigenvalue weighted by Gasteiger charge is 2.48. The minimum atomic E-state index is -2.75. The molecule has 3 nitrogen and oxygen atoms in total. The fraction of sp³-hybridized carbons (Fsp3) is 1.00. The van der Waals surface area contributed by atoms with E-state index < -0.39 is 9.84 Å². The minimum absolute atomic E-state index is 0.106. The van der Waals surface area contributed by atoms with Crippen molar-refractivity contribution in [3.05, 3.63) is 0 Å². The number of hydrogen-bond acceptors (Lipinski definition) is 3. The second-order valence-corrected chi connectivity index (χ2v) is 8.17. The largest absolute Gasteiger partial charge is 0.316 e. The van der Waals surface area contributed by atoms with Gasteiger partial charge in [-0.2, -0.15) is 0 Å². The Morgan fingerprint density at radius 3 is 2.69 bits per heavy atom. The summed E-state index contributed by atoms with van der Waals surface area (Å²) in [6, 6.07) is 0. The van der Waals surface area contributed by atoms with E-state index in [1.165, 1.54) is 0 Å². The molecule has 1 spiro atoms. The molecule has 0 aromatic heterocycles. The molecule has 0 aromatic rings. The Kier molecular flexibility index (Phi) is 3.32. The number of rotatable bonds is 2. The molecule has 2 fully saturated rings. The summed E-state index contributed by atoms with van der Waals surface area (Å²) in [6.07, 6.45) is 3.10. The van der Waals surface area contributed by atoms with Crippen LogP contribution in [0.15, 0.2) is 0 Å². The van der Waals surface area contributed by atoms with Gasteiger partial charge in [-0.05, 0) is 49.6 Å². The van der Waals surface area contributed by atoms with Crippen molar-refractivity contribution in [2.24, 2.45) is 17.3 Å². The second kappa shape index (κ2) is 4.30. The summed E-state index contributed by atoms with van der Waals surface area (Å²) in [5.74, 6) is 2.07. The van der Waals surface area contributed by atoms with Crippen molar-refractivity contribution in [1.82, 2.24) is 5.32 Å². The monoisotopic (exact) mass is 245 g/mol. The van der Waals surface area contributed by atoms with Crippen molar-refractivity contribution < 1.29 is 8.42 Å². The van der Waals surface area contributed by atoms with E-state index in [-0.39, 0.29) is 5.41 Å². The maximum Gasteiger partial charge on any atom is 0.150 e. The molecule has 4 heteroatoms. The van der Waals surface area contributed by atoms with E-state index in [0.29, 0.717) is 23.3 Å². The zero-order chi connectivity index (χ0) is 11.8. The van der Waals surface area contributed by atoms with Crippen LogP contribution in [-0.2, 0) is 9.84 Å². The summed E-state index contributed by atoms with van der Waals surface area (Å²) in [7, 11) is -2.75. The SMILES string of the molecule is CC(C)CC1CNCCC12CCS(=O)(=O)C2. The third-order valence-corrected chi connectivity index (χ3v) is 6.07. The smallest absolute Gasteiger partial charge is 0.150 e. The molecule has 16 heavy (non-hydrogen) atoms. The lowest BCUT2D eigenvalue weighted by molar-refractivity contribution is 0.117. The average Bonchev–Trinajstić information content (AvgIpc) is 2.47. The van der Waals surface area contributed by atoms with Crippen LogP contribution in [0.5, 0.6) is 0 Å². The van der Waals surface area contributed by atoms with Crippen LogP contribution in [0, 0.1) is 17.3 Å².